The van der Waals surface area contributed by atoms with Crippen LogP contribution in [-0.4, -0.2) is 17.6 Å². The van der Waals surface area contributed by atoms with Crippen LogP contribution in [0.5, 0.6) is 5.75 Å². The monoisotopic (exact) mass is 339 g/mol. The Labute approximate surface area is 138 Å². The van der Waals surface area contributed by atoms with Crippen molar-refractivity contribution >= 4 is 28.8 Å². The van der Waals surface area contributed by atoms with Gasteiger partial charge in [0.2, 0.25) is 0 Å². The molecule has 0 aliphatic rings. The Bertz CT molecular complexity index is 632. The van der Waals surface area contributed by atoms with E-state index in [1.807, 2.05) is 6.07 Å². The van der Waals surface area contributed by atoms with E-state index in [0.717, 1.165) is 10.4 Å². The molecule has 0 spiro atoms. The number of ether oxygens (including phenoxy) is 1. The maximum absolute atomic E-state index is 11.7. The highest BCUT2D eigenvalue weighted by Gasteiger charge is 2.15. The summed E-state index contributed by atoms with van der Waals surface area (Å²) in [5, 5.41) is 12.6. The van der Waals surface area contributed by atoms with Gasteiger partial charge in [-0.2, -0.15) is 0 Å². The molecule has 4 nitrogen and oxygen atoms in total. The second kappa shape index (κ2) is 7.13. The Morgan fingerprint density at radius 2 is 1.95 bits per heavy atom. The van der Waals surface area contributed by atoms with Gasteiger partial charge in [0.15, 0.2) is 6.61 Å². The summed E-state index contributed by atoms with van der Waals surface area (Å²) in [7, 11) is 0. The molecule has 0 atom stereocenters. The number of carbonyl (C=O) groups excluding carboxylic acids is 1. The average Bonchev–Trinajstić information content (AvgIpc) is 2.88. The highest BCUT2D eigenvalue weighted by atomic mass is 35.5. The van der Waals surface area contributed by atoms with Crippen molar-refractivity contribution < 1.29 is 14.6 Å². The van der Waals surface area contributed by atoms with Crippen LogP contribution in [0.15, 0.2) is 36.4 Å². The van der Waals surface area contributed by atoms with E-state index in [2.05, 4.69) is 5.32 Å². The lowest BCUT2D eigenvalue weighted by molar-refractivity contribution is -0.123. The lowest BCUT2D eigenvalue weighted by Crippen LogP contribution is -2.28. The average molecular weight is 340 g/mol. The van der Waals surface area contributed by atoms with Crippen molar-refractivity contribution in [2.24, 2.45) is 0 Å². The molecular formula is C16H18ClNO3S. The topological polar surface area (TPSA) is 58.6 Å². The van der Waals surface area contributed by atoms with Gasteiger partial charge >= 0.3 is 0 Å². The first-order valence-electron chi connectivity index (χ1n) is 6.81. The summed E-state index contributed by atoms with van der Waals surface area (Å²) in [6.45, 7) is 3.82. The minimum atomic E-state index is -0.891. The van der Waals surface area contributed by atoms with Crippen LogP contribution in [0, 0.1) is 0 Å². The van der Waals surface area contributed by atoms with Gasteiger partial charge in [-0.15, -0.1) is 11.3 Å². The Morgan fingerprint density at radius 1 is 1.27 bits per heavy atom. The fourth-order valence-corrected chi connectivity index (χ4v) is 2.82. The van der Waals surface area contributed by atoms with Gasteiger partial charge in [-0.1, -0.05) is 23.7 Å². The summed E-state index contributed by atoms with van der Waals surface area (Å²) in [5.74, 6) is 0.387. The lowest BCUT2D eigenvalue weighted by atomic mass is 9.99. The molecule has 0 saturated carbocycles. The molecule has 1 aromatic heterocycles. The first-order valence-corrected chi connectivity index (χ1v) is 8.00. The molecule has 0 unspecified atom stereocenters. The fraction of sp³-hybridized carbons (Fsp3) is 0.312. The molecule has 1 heterocycles. The zero-order valence-electron chi connectivity index (χ0n) is 12.4. The summed E-state index contributed by atoms with van der Waals surface area (Å²) in [6, 6.07) is 10.7. The van der Waals surface area contributed by atoms with E-state index in [1.165, 1.54) is 11.3 Å². The number of carbonyl (C=O) groups is 1. The van der Waals surface area contributed by atoms with Crippen LogP contribution in [0.4, 0.5) is 0 Å². The second-order valence-corrected chi connectivity index (χ2v) is 7.15. The van der Waals surface area contributed by atoms with Crippen LogP contribution in [0.2, 0.25) is 4.34 Å². The molecule has 2 aromatic rings. The van der Waals surface area contributed by atoms with E-state index in [1.54, 1.807) is 44.2 Å². The van der Waals surface area contributed by atoms with Gasteiger partial charge in [0.1, 0.15) is 5.75 Å². The molecule has 118 valence electrons. The number of nitrogens with one attached hydrogen (secondary N) is 1. The van der Waals surface area contributed by atoms with Gasteiger partial charge < -0.3 is 15.2 Å². The van der Waals surface area contributed by atoms with E-state index in [9.17, 15) is 9.90 Å². The predicted molar refractivity (Wildman–Crippen MR) is 88.4 cm³/mol. The van der Waals surface area contributed by atoms with Crippen LogP contribution in [0.1, 0.15) is 24.3 Å². The largest absolute Gasteiger partial charge is 0.484 e. The first kappa shape index (κ1) is 16.8. The van der Waals surface area contributed by atoms with Crippen LogP contribution in [0.3, 0.4) is 0 Å². The molecule has 0 bridgehead atoms. The Morgan fingerprint density at radius 3 is 2.50 bits per heavy atom. The number of aliphatic hydroxyl groups is 1. The van der Waals surface area contributed by atoms with Gasteiger partial charge in [-0.3, -0.25) is 4.79 Å². The second-order valence-electron chi connectivity index (χ2n) is 5.35. The van der Waals surface area contributed by atoms with Gasteiger partial charge in [0.25, 0.3) is 5.91 Å². The summed E-state index contributed by atoms with van der Waals surface area (Å²) >= 11 is 7.26. The van der Waals surface area contributed by atoms with Crippen molar-refractivity contribution in [3.8, 4) is 5.75 Å². The SMILES string of the molecule is CC(C)(O)c1ccc(OCC(=O)NCc2ccc(Cl)s2)cc1. The predicted octanol–water partition coefficient (Wildman–Crippen LogP) is 3.32. The zero-order chi connectivity index (χ0) is 16.2. The van der Waals surface area contributed by atoms with Gasteiger partial charge in [-0.05, 0) is 43.7 Å². The van der Waals surface area contributed by atoms with Crippen LogP contribution in [-0.2, 0) is 16.9 Å². The Hall–Kier alpha value is -1.56. The smallest absolute Gasteiger partial charge is 0.258 e. The normalized spacial score (nSPS) is 11.3. The standard InChI is InChI=1S/C16H18ClNO3S/c1-16(2,20)11-3-5-12(6-4-11)21-10-15(19)18-9-13-7-8-14(17)22-13/h3-8,20H,9-10H2,1-2H3,(H,18,19). The van der Waals surface area contributed by atoms with Crippen LogP contribution < -0.4 is 10.1 Å². The van der Waals surface area contributed by atoms with Crippen molar-refractivity contribution in [1.29, 1.82) is 0 Å². The number of thiophene rings is 1. The first-order chi connectivity index (χ1) is 10.3. The van der Waals surface area contributed by atoms with Crippen molar-refractivity contribution in [2.75, 3.05) is 6.61 Å². The van der Waals surface area contributed by atoms with Crippen LogP contribution >= 0.6 is 22.9 Å². The van der Waals surface area contributed by atoms with E-state index >= 15 is 0 Å². The van der Waals surface area contributed by atoms with Crippen molar-refractivity contribution in [2.45, 2.75) is 26.0 Å². The molecule has 2 N–H and O–H groups in total. The van der Waals surface area contributed by atoms with E-state index in [4.69, 9.17) is 16.3 Å². The molecular weight excluding hydrogens is 322 g/mol. The van der Waals surface area contributed by atoms with E-state index < -0.39 is 5.60 Å². The van der Waals surface area contributed by atoms with Gasteiger partial charge in [-0.25, -0.2) is 0 Å². The molecule has 1 amide bonds. The minimum absolute atomic E-state index is 0.0546. The maximum atomic E-state index is 11.7. The number of hydrogen-bond acceptors (Lipinski definition) is 4. The molecule has 1 aromatic carbocycles. The number of benzene rings is 1. The molecule has 22 heavy (non-hydrogen) atoms. The van der Waals surface area contributed by atoms with Crippen molar-refractivity contribution in [3.63, 3.8) is 0 Å². The molecule has 0 aliphatic carbocycles. The number of hydrogen-bond donors (Lipinski definition) is 2. The van der Waals surface area contributed by atoms with Gasteiger partial charge in [0.05, 0.1) is 16.5 Å². The van der Waals surface area contributed by atoms with Crippen molar-refractivity contribution in [3.05, 3.63) is 51.2 Å². The minimum Gasteiger partial charge on any atom is -0.484 e. The number of halogens is 1. The van der Waals surface area contributed by atoms with E-state index in [-0.39, 0.29) is 12.5 Å². The summed E-state index contributed by atoms with van der Waals surface area (Å²) < 4.78 is 6.11. The van der Waals surface area contributed by atoms with Crippen LogP contribution in [0.25, 0.3) is 0 Å². The molecule has 0 saturated heterocycles. The third kappa shape index (κ3) is 5.02. The third-order valence-electron chi connectivity index (χ3n) is 3.02. The third-order valence-corrected chi connectivity index (χ3v) is 4.25. The summed E-state index contributed by atoms with van der Waals surface area (Å²) in [5.41, 5.74) is -0.100. The highest BCUT2D eigenvalue weighted by Crippen LogP contribution is 2.22. The van der Waals surface area contributed by atoms with E-state index in [0.29, 0.717) is 16.6 Å². The summed E-state index contributed by atoms with van der Waals surface area (Å²) in [6.07, 6.45) is 0. The lowest BCUT2D eigenvalue weighted by Gasteiger charge is -2.17. The Balaban J connectivity index is 1.78. The molecule has 0 aliphatic heterocycles. The zero-order valence-corrected chi connectivity index (χ0v) is 14.0. The molecule has 0 radical (unpaired) electrons. The molecule has 0 fully saturated rings. The highest BCUT2D eigenvalue weighted by molar-refractivity contribution is 7.16. The fourth-order valence-electron chi connectivity index (χ4n) is 1.79. The summed E-state index contributed by atoms with van der Waals surface area (Å²) in [4.78, 5) is 12.7. The Kier molecular flexibility index (Phi) is 5.45. The van der Waals surface area contributed by atoms with Crippen molar-refractivity contribution in [1.82, 2.24) is 5.32 Å². The number of rotatable bonds is 6. The maximum Gasteiger partial charge on any atom is 0.258 e. The van der Waals surface area contributed by atoms with Gasteiger partial charge in [0, 0.05) is 4.88 Å². The molecule has 2 rings (SSSR count). The number of amides is 1. The quantitative estimate of drug-likeness (QED) is 0.848. The molecule has 6 heteroatoms.